The van der Waals surface area contributed by atoms with Crippen molar-refractivity contribution in [3.05, 3.63) is 16.7 Å². The normalized spacial score (nSPS) is 15.8. The van der Waals surface area contributed by atoms with E-state index < -0.39 is 5.97 Å². The molecular formula is C14H17ClO5. The Morgan fingerprint density at radius 2 is 2.10 bits per heavy atom. The molecule has 5 nitrogen and oxygen atoms in total. The summed E-state index contributed by atoms with van der Waals surface area (Å²) in [6.45, 7) is 0. The molecule has 0 spiro atoms. The average molecular weight is 301 g/mol. The van der Waals surface area contributed by atoms with Crippen molar-refractivity contribution in [2.75, 3.05) is 14.2 Å². The van der Waals surface area contributed by atoms with Crippen molar-refractivity contribution < 1.29 is 24.5 Å². The van der Waals surface area contributed by atoms with Crippen LogP contribution >= 0.6 is 11.6 Å². The maximum absolute atomic E-state index is 11.0. The van der Waals surface area contributed by atoms with Crippen LogP contribution in [0.1, 0.15) is 30.7 Å². The smallest absolute Gasteiger partial charge is 0.303 e. The third kappa shape index (κ3) is 2.77. The van der Waals surface area contributed by atoms with E-state index in [4.69, 9.17) is 26.2 Å². The first-order valence-corrected chi connectivity index (χ1v) is 6.72. The number of benzene rings is 1. The number of aliphatic carboxylic acids is 1. The lowest BCUT2D eigenvalue weighted by molar-refractivity contribution is -0.137. The van der Waals surface area contributed by atoms with Gasteiger partial charge < -0.3 is 19.7 Å². The van der Waals surface area contributed by atoms with E-state index in [1.807, 2.05) is 0 Å². The van der Waals surface area contributed by atoms with E-state index in [0.717, 1.165) is 12.8 Å². The number of halogens is 1. The molecule has 1 aliphatic rings. The summed E-state index contributed by atoms with van der Waals surface area (Å²) in [5.41, 5.74) is 0.439. The summed E-state index contributed by atoms with van der Waals surface area (Å²) in [5, 5.41) is 19.4. The largest absolute Gasteiger partial charge is 0.507 e. The SMILES string of the molecule is COc1cc(O)c(C(CC(=O)O)C2CC2)c(Cl)c1OC. The van der Waals surface area contributed by atoms with E-state index in [2.05, 4.69) is 0 Å². The Bertz CT molecular complexity index is 525. The molecule has 0 aromatic heterocycles. The third-order valence-electron chi connectivity index (χ3n) is 3.58. The molecule has 0 aliphatic heterocycles. The van der Waals surface area contributed by atoms with Crippen molar-refractivity contribution in [1.82, 2.24) is 0 Å². The Balaban J connectivity index is 2.51. The van der Waals surface area contributed by atoms with Crippen LogP contribution in [0.4, 0.5) is 0 Å². The van der Waals surface area contributed by atoms with Gasteiger partial charge in [-0.1, -0.05) is 11.6 Å². The number of phenols is 1. The lowest BCUT2D eigenvalue weighted by Crippen LogP contribution is -2.10. The van der Waals surface area contributed by atoms with Crippen molar-refractivity contribution >= 4 is 17.6 Å². The highest BCUT2D eigenvalue weighted by atomic mass is 35.5. The molecule has 1 saturated carbocycles. The van der Waals surface area contributed by atoms with Crippen molar-refractivity contribution in [3.8, 4) is 17.2 Å². The molecule has 2 N–H and O–H groups in total. The molecule has 2 rings (SSSR count). The Morgan fingerprint density at radius 3 is 2.55 bits per heavy atom. The molecule has 1 aromatic rings. The number of carboxylic acids is 1. The number of carboxylic acid groups (broad SMARTS) is 1. The molecule has 1 fully saturated rings. The van der Waals surface area contributed by atoms with E-state index in [1.54, 1.807) is 0 Å². The lowest BCUT2D eigenvalue weighted by atomic mass is 9.90. The number of rotatable bonds is 6. The van der Waals surface area contributed by atoms with Gasteiger partial charge in [-0.2, -0.15) is 0 Å². The highest BCUT2D eigenvalue weighted by Crippen LogP contribution is 2.52. The van der Waals surface area contributed by atoms with E-state index in [1.165, 1.54) is 20.3 Å². The first-order chi connectivity index (χ1) is 9.49. The fraction of sp³-hybridized carbons (Fsp3) is 0.500. The molecule has 20 heavy (non-hydrogen) atoms. The molecule has 0 amide bonds. The topological polar surface area (TPSA) is 76.0 Å². The number of hydrogen-bond acceptors (Lipinski definition) is 4. The molecule has 1 aromatic carbocycles. The summed E-state index contributed by atoms with van der Waals surface area (Å²) in [7, 11) is 2.90. The average Bonchev–Trinajstić information content (AvgIpc) is 3.20. The fourth-order valence-electron chi connectivity index (χ4n) is 2.50. The van der Waals surface area contributed by atoms with Crippen LogP contribution in [0.3, 0.4) is 0 Å². The Labute approximate surface area is 122 Å². The second-order valence-corrected chi connectivity index (χ2v) is 5.28. The minimum Gasteiger partial charge on any atom is -0.507 e. The van der Waals surface area contributed by atoms with Crippen LogP contribution in [0.5, 0.6) is 17.2 Å². The maximum atomic E-state index is 11.0. The van der Waals surface area contributed by atoms with Gasteiger partial charge >= 0.3 is 5.97 Å². The summed E-state index contributed by atoms with van der Waals surface area (Å²) < 4.78 is 10.3. The predicted octanol–water partition coefficient (Wildman–Crippen LogP) is 3.03. The van der Waals surface area contributed by atoms with Gasteiger partial charge in [-0.05, 0) is 18.8 Å². The lowest BCUT2D eigenvalue weighted by Gasteiger charge is -2.20. The number of aromatic hydroxyl groups is 1. The van der Waals surface area contributed by atoms with Gasteiger partial charge in [0.05, 0.1) is 25.7 Å². The van der Waals surface area contributed by atoms with Gasteiger partial charge in [-0.25, -0.2) is 0 Å². The van der Waals surface area contributed by atoms with Crippen LogP contribution in [-0.4, -0.2) is 30.4 Å². The zero-order chi connectivity index (χ0) is 14.9. The standard InChI is InChI=1S/C14H17ClO5/c1-19-10-6-9(16)12(13(15)14(10)20-2)8(5-11(17)18)7-3-4-7/h6-8,16H,3-5H2,1-2H3,(H,17,18). The van der Waals surface area contributed by atoms with Gasteiger partial charge in [0, 0.05) is 17.5 Å². The van der Waals surface area contributed by atoms with E-state index in [-0.39, 0.29) is 29.0 Å². The maximum Gasteiger partial charge on any atom is 0.303 e. The summed E-state index contributed by atoms with van der Waals surface area (Å²) in [5.74, 6) is -0.382. The van der Waals surface area contributed by atoms with Crippen molar-refractivity contribution in [3.63, 3.8) is 0 Å². The van der Waals surface area contributed by atoms with Crippen LogP contribution in [0.25, 0.3) is 0 Å². The zero-order valence-electron chi connectivity index (χ0n) is 11.4. The molecule has 0 heterocycles. The Hall–Kier alpha value is -1.62. The summed E-state index contributed by atoms with van der Waals surface area (Å²) in [6, 6.07) is 1.41. The first kappa shape index (κ1) is 14.8. The van der Waals surface area contributed by atoms with Crippen LogP contribution in [0, 0.1) is 5.92 Å². The highest BCUT2D eigenvalue weighted by Gasteiger charge is 2.37. The van der Waals surface area contributed by atoms with Gasteiger partial charge in [-0.15, -0.1) is 0 Å². The van der Waals surface area contributed by atoms with E-state index >= 15 is 0 Å². The molecule has 0 saturated heterocycles. The quantitative estimate of drug-likeness (QED) is 0.844. The minimum absolute atomic E-state index is 0.0502. The monoisotopic (exact) mass is 300 g/mol. The molecule has 1 atom stereocenters. The highest BCUT2D eigenvalue weighted by molar-refractivity contribution is 6.33. The molecule has 0 radical (unpaired) electrons. The Kier molecular flexibility index (Phi) is 4.28. The molecular weight excluding hydrogens is 284 g/mol. The number of phenolic OH excluding ortho intramolecular Hbond substituents is 1. The number of ether oxygens (including phenoxy) is 2. The molecule has 0 bridgehead atoms. The molecule has 1 aliphatic carbocycles. The van der Waals surface area contributed by atoms with Gasteiger partial charge in [0.1, 0.15) is 5.75 Å². The van der Waals surface area contributed by atoms with Crippen molar-refractivity contribution in [1.29, 1.82) is 0 Å². The summed E-state index contributed by atoms with van der Waals surface area (Å²) in [4.78, 5) is 11.0. The third-order valence-corrected chi connectivity index (χ3v) is 3.96. The fourth-order valence-corrected chi connectivity index (χ4v) is 2.90. The number of carbonyl (C=O) groups is 1. The Morgan fingerprint density at radius 1 is 1.45 bits per heavy atom. The van der Waals surface area contributed by atoms with Gasteiger partial charge in [-0.3, -0.25) is 4.79 Å². The molecule has 110 valence electrons. The van der Waals surface area contributed by atoms with E-state index in [0.29, 0.717) is 17.1 Å². The molecule has 6 heteroatoms. The second kappa shape index (κ2) is 5.79. The van der Waals surface area contributed by atoms with Crippen molar-refractivity contribution in [2.45, 2.75) is 25.2 Å². The minimum atomic E-state index is -0.910. The second-order valence-electron chi connectivity index (χ2n) is 4.90. The van der Waals surface area contributed by atoms with Gasteiger partial charge in [0.15, 0.2) is 11.5 Å². The zero-order valence-corrected chi connectivity index (χ0v) is 12.1. The van der Waals surface area contributed by atoms with Gasteiger partial charge in [0.25, 0.3) is 0 Å². The summed E-state index contributed by atoms with van der Waals surface area (Å²) >= 11 is 6.29. The summed E-state index contributed by atoms with van der Waals surface area (Å²) in [6.07, 6.45) is 1.83. The number of hydrogen-bond donors (Lipinski definition) is 2. The van der Waals surface area contributed by atoms with E-state index in [9.17, 15) is 9.90 Å². The van der Waals surface area contributed by atoms with Crippen molar-refractivity contribution in [2.24, 2.45) is 5.92 Å². The molecule has 1 unspecified atom stereocenters. The number of methoxy groups -OCH3 is 2. The van der Waals surface area contributed by atoms with Crippen LogP contribution in [0.2, 0.25) is 5.02 Å². The van der Waals surface area contributed by atoms with Gasteiger partial charge in [0.2, 0.25) is 0 Å². The van der Waals surface area contributed by atoms with Crippen LogP contribution in [-0.2, 0) is 4.79 Å². The van der Waals surface area contributed by atoms with Crippen LogP contribution < -0.4 is 9.47 Å². The predicted molar refractivity (Wildman–Crippen MR) is 73.9 cm³/mol. The van der Waals surface area contributed by atoms with Crippen LogP contribution in [0.15, 0.2) is 6.07 Å². The first-order valence-electron chi connectivity index (χ1n) is 6.34.